The lowest BCUT2D eigenvalue weighted by Gasteiger charge is -2.21. The topological polar surface area (TPSA) is 0 Å². The van der Waals surface area contributed by atoms with Gasteiger partial charge < -0.3 is 0 Å². The van der Waals surface area contributed by atoms with Crippen LogP contribution in [0, 0.1) is 11.8 Å². The van der Waals surface area contributed by atoms with Crippen LogP contribution < -0.4 is 0 Å². The molecule has 2 aliphatic carbocycles. The molecule has 90 valence electrons. The van der Waals surface area contributed by atoms with E-state index in [1.807, 2.05) is 0 Å². The summed E-state index contributed by atoms with van der Waals surface area (Å²) >= 11 is 0. The molecule has 0 aromatic rings. The van der Waals surface area contributed by atoms with Gasteiger partial charge in [0.15, 0.2) is 0 Å². The van der Waals surface area contributed by atoms with E-state index in [4.69, 9.17) is 1.37 Å². The van der Waals surface area contributed by atoms with Gasteiger partial charge in [-0.05, 0) is 63.2 Å². The molecule has 2 aliphatic rings. The van der Waals surface area contributed by atoms with Crippen molar-refractivity contribution in [2.24, 2.45) is 11.8 Å². The third-order valence-electron chi connectivity index (χ3n) is 4.27. The van der Waals surface area contributed by atoms with E-state index in [2.05, 4.69) is 19.9 Å². The summed E-state index contributed by atoms with van der Waals surface area (Å²) < 4.78 is 8.22. The third-order valence-corrected chi connectivity index (χ3v) is 4.27. The van der Waals surface area contributed by atoms with Gasteiger partial charge in [0.25, 0.3) is 0 Å². The van der Waals surface area contributed by atoms with Crippen LogP contribution in [0.4, 0.5) is 0 Å². The fraction of sp³-hybridized carbons (Fsp3) is 0.750. The molecule has 0 saturated heterocycles. The molecule has 0 unspecified atom stereocenters. The number of allylic oxidation sites excluding steroid dienone is 4. The molecular formula is C16H26. The minimum Gasteiger partial charge on any atom is -0.0702 e. The lowest BCUT2D eigenvalue weighted by atomic mass is 9.85. The van der Waals surface area contributed by atoms with Gasteiger partial charge in [0.2, 0.25) is 0 Å². The van der Waals surface area contributed by atoms with Crippen molar-refractivity contribution in [2.75, 3.05) is 0 Å². The zero-order valence-electron chi connectivity index (χ0n) is 11.9. The molecule has 0 aromatic carbocycles. The number of hydrogen-bond donors (Lipinski definition) is 0. The molecule has 2 saturated carbocycles. The smallest absolute Gasteiger partial charge is 0.0622 e. The predicted octanol–water partition coefficient (Wildman–Crippen LogP) is 5.26. The summed E-state index contributed by atoms with van der Waals surface area (Å²) in [5.74, 6) is 1.76. The van der Waals surface area contributed by atoms with E-state index in [9.17, 15) is 0 Å². The summed E-state index contributed by atoms with van der Waals surface area (Å²) in [7, 11) is 0. The Labute approximate surface area is 102 Å². The highest BCUT2D eigenvalue weighted by atomic mass is 14.2. The molecule has 0 amide bonds. The minimum atomic E-state index is 0.849. The summed E-state index contributed by atoms with van der Waals surface area (Å²) in [6.45, 7) is 4.68. The second-order valence-corrected chi connectivity index (χ2v) is 5.92. The van der Waals surface area contributed by atoms with E-state index < -0.39 is 0 Å². The first-order chi connectivity index (χ1) is 8.15. The molecule has 0 radical (unpaired) electrons. The van der Waals surface area contributed by atoms with Gasteiger partial charge in [-0.3, -0.25) is 0 Å². The van der Waals surface area contributed by atoms with Crippen molar-refractivity contribution in [3.05, 3.63) is 23.3 Å². The highest BCUT2D eigenvalue weighted by Gasteiger charge is 2.13. The van der Waals surface area contributed by atoms with Gasteiger partial charge in [0.05, 0.1) is 1.37 Å². The van der Waals surface area contributed by atoms with E-state index in [1.165, 1.54) is 62.5 Å². The lowest BCUT2D eigenvalue weighted by Crippen LogP contribution is -2.05. The second kappa shape index (κ2) is 5.70. The summed E-state index contributed by atoms with van der Waals surface area (Å²) in [6.07, 6.45) is 12.2. The summed E-state index contributed by atoms with van der Waals surface area (Å²) in [6, 6.07) is 0.849. The van der Waals surface area contributed by atoms with Gasteiger partial charge in [-0.2, -0.15) is 0 Å². The lowest BCUT2D eigenvalue weighted by molar-refractivity contribution is 0.441. The maximum Gasteiger partial charge on any atom is 0.0622 e. The highest BCUT2D eigenvalue weighted by Crippen LogP contribution is 2.30. The molecule has 2 fully saturated rings. The minimum absolute atomic E-state index is 0.849. The maximum atomic E-state index is 8.22. The van der Waals surface area contributed by atoms with Crippen LogP contribution in [0.5, 0.6) is 0 Å². The predicted molar refractivity (Wildman–Crippen MR) is 71.4 cm³/mol. The van der Waals surface area contributed by atoms with Crippen molar-refractivity contribution < 1.29 is 1.37 Å². The Balaban J connectivity index is 1.97. The fourth-order valence-electron chi connectivity index (χ4n) is 2.74. The van der Waals surface area contributed by atoms with E-state index in [-0.39, 0.29) is 0 Å². The molecule has 2 rings (SSSR count). The Morgan fingerprint density at radius 2 is 1.31 bits per heavy atom. The van der Waals surface area contributed by atoms with Gasteiger partial charge >= 0.3 is 0 Å². The van der Waals surface area contributed by atoms with Crippen LogP contribution in [0.1, 0.15) is 66.6 Å². The van der Waals surface area contributed by atoms with Crippen LogP contribution >= 0.6 is 0 Å². The SMILES string of the molecule is [2H]C(C=C1CCC(C)CC1)=C1CCC(C)CC1. The zero-order valence-corrected chi connectivity index (χ0v) is 10.9. The Hall–Kier alpha value is -0.520. The van der Waals surface area contributed by atoms with Crippen molar-refractivity contribution in [1.29, 1.82) is 0 Å². The molecule has 0 spiro atoms. The Bertz CT molecular complexity index is 304. The summed E-state index contributed by atoms with van der Waals surface area (Å²) in [5, 5.41) is 0. The monoisotopic (exact) mass is 219 g/mol. The van der Waals surface area contributed by atoms with Crippen molar-refractivity contribution in [1.82, 2.24) is 0 Å². The Morgan fingerprint density at radius 1 is 0.875 bits per heavy atom. The molecule has 0 heteroatoms. The van der Waals surface area contributed by atoms with E-state index >= 15 is 0 Å². The van der Waals surface area contributed by atoms with Crippen molar-refractivity contribution >= 4 is 0 Å². The van der Waals surface area contributed by atoms with Crippen molar-refractivity contribution in [2.45, 2.75) is 65.2 Å². The molecule has 0 aliphatic heterocycles. The molecule has 16 heavy (non-hydrogen) atoms. The van der Waals surface area contributed by atoms with Crippen LogP contribution in [0.2, 0.25) is 0 Å². The third kappa shape index (κ3) is 3.50. The van der Waals surface area contributed by atoms with Crippen molar-refractivity contribution in [3.8, 4) is 0 Å². The molecule has 0 aromatic heterocycles. The van der Waals surface area contributed by atoms with E-state index in [0.717, 1.165) is 17.9 Å². The fourth-order valence-corrected chi connectivity index (χ4v) is 2.74. The zero-order chi connectivity index (χ0) is 12.3. The van der Waals surface area contributed by atoms with Crippen LogP contribution in [0.25, 0.3) is 0 Å². The number of rotatable bonds is 1. The first kappa shape index (κ1) is 10.6. The van der Waals surface area contributed by atoms with Gasteiger partial charge in [-0.15, -0.1) is 0 Å². The molecule has 0 heterocycles. The van der Waals surface area contributed by atoms with Crippen molar-refractivity contribution in [3.63, 3.8) is 0 Å². The van der Waals surface area contributed by atoms with Crippen LogP contribution in [0.15, 0.2) is 23.3 Å². The quantitative estimate of drug-likeness (QED) is 0.564. The Kier molecular flexibility index (Phi) is 3.79. The van der Waals surface area contributed by atoms with Gasteiger partial charge in [-0.25, -0.2) is 0 Å². The molecular weight excluding hydrogens is 192 g/mol. The van der Waals surface area contributed by atoms with Crippen LogP contribution in [-0.4, -0.2) is 0 Å². The standard InChI is InChI=1S/C16H26/c1-13-3-7-15(8-4-13)11-12-16-9-5-14(2)6-10-16/h11-14H,3-10H2,1-2H3/i11D. The molecule has 0 nitrogen and oxygen atoms in total. The average Bonchev–Trinajstić information content (AvgIpc) is 2.33. The first-order valence-corrected chi connectivity index (χ1v) is 7.03. The Morgan fingerprint density at radius 3 is 1.81 bits per heavy atom. The van der Waals surface area contributed by atoms with E-state index in [1.54, 1.807) is 0 Å². The van der Waals surface area contributed by atoms with Gasteiger partial charge in [0, 0.05) is 0 Å². The summed E-state index contributed by atoms with van der Waals surface area (Å²) in [4.78, 5) is 0. The van der Waals surface area contributed by atoms with Crippen LogP contribution in [-0.2, 0) is 0 Å². The largest absolute Gasteiger partial charge is 0.0702 e. The van der Waals surface area contributed by atoms with Gasteiger partial charge in [-0.1, -0.05) is 37.1 Å². The first-order valence-electron chi connectivity index (χ1n) is 7.53. The highest BCUT2D eigenvalue weighted by molar-refractivity contribution is 5.20. The van der Waals surface area contributed by atoms with E-state index in [0.29, 0.717) is 0 Å². The molecule has 0 bridgehead atoms. The van der Waals surface area contributed by atoms with Gasteiger partial charge in [0.1, 0.15) is 0 Å². The number of hydrogen-bond acceptors (Lipinski definition) is 0. The molecule has 0 N–H and O–H groups in total. The van der Waals surface area contributed by atoms with Crippen LogP contribution in [0.3, 0.4) is 0 Å². The normalized spacial score (nSPS) is 32.2. The second-order valence-electron chi connectivity index (χ2n) is 5.92. The maximum absolute atomic E-state index is 8.22. The average molecular weight is 219 g/mol. The summed E-state index contributed by atoms with van der Waals surface area (Å²) in [5.41, 5.74) is 2.94. The molecule has 0 atom stereocenters.